The summed E-state index contributed by atoms with van der Waals surface area (Å²) in [6, 6.07) is 2.78. The van der Waals surface area contributed by atoms with Crippen LogP contribution < -0.4 is 0 Å². The molecule has 0 unspecified atom stereocenters. The van der Waals surface area contributed by atoms with Crippen LogP contribution in [0.25, 0.3) is 0 Å². The summed E-state index contributed by atoms with van der Waals surface area (Å²) < 4.78 is 29.6. The zero-order valence-corrected chi connectivity index (χ0v) is 12.5. The minimum absolute atomic E-state index is 0.0739. The Labute approximate surface area is 125 Å². The summed E-state index contributed by atoms with van der Waals surface area (Å²) in [5.74, 6) is -3.86. The van der Waals surface area contributed by atoms with E-state index >= 15 is 0 Å². The van der Waals surface area contributed by atoms with Crippen molar-refractivity contribution in [1.82, 2.24) is 9.88 Å². The lowest BCUT2D eigenvalue weighted by atomic mass is 10.3. The number of rotatable bonds is 7. The fraction of sp³-hybridized carbons (Fsp3) is 0.462. The normalized spacial score (nSPS) is 10.5. The summed E-state index contributed by atoms with van der Waals surface area (Å²) >= 11 is 0.162. The smallest absolute Gasteiger partial charge is 0.341 e. The summed E-state index contributed by atoms with van der Waals surface area (Å²) in [4.78, 5) is 28.8. The van der Waals surface area contributed by atoms with Crippen LogP contribution >= 0.6 is 11.8 Å². The number of halogens is 2. The van der Waals surface area contributed by atoms with Gasteiger partial charge in [-0.3, -0.25) is 4.79 Å². The number of carbonyl (C=O) groups is 2. The minimum Gasteiger partial charge on any atom is -0.452 e. The first-order chi connectivity index (χ1) is 9.99. The van der Waals surface area contributed by atoms with Crippen molar-refractivity contribution >= 4 is 23.6 Å². The molecule has 0 aliphatic heterocycles. The summed E-state index contributed by atoms with van der Waals surface area (Å²) in [6.45, 7) is 4.20. The van der Waals surface area contributed by atoms with E-state index in [1.807, 2.05) is 13.8 Å². The zero-order valence-electron chi connectivity index (χ0n) is 11.7. The second-order valence-electron chi connectivity index (χ2n) is 3.88. The number of amides is 1. The van der Waals surface area contributed by atoms with Crippen molar-refractivity contribution in [2.24, 2.45) is 0 Å². The van der Waals surface area contributed by atoms with Gasteiger partial charge in [0.05, 0.1) is 5.56 Å². The molecule has 1 rings (SSSR count). The molecule has 0 spiro atoms. The quantitative estimate of drug-likeness (QED) is 0.571. The first-order valence-corrected chi connectivity index (χ1v) is 7.22. The molecule has 0 bridgehead atoms. The molecule has 1 aromatic rings. The summed E-state index contributed by atoms with van der Waals surface area (Å²) in [5.41, 5.74) is -0.0739. The lowest BCUT2D eigenvalue weighted by molar-refractivity contribution is -0.134. The minimum atomic E-state index is -2.69. The van der Waals surface area contributed by atoms with Gasteiger partial charge in [0, 0.05) is 19.3 Å². The number of hydrogen-bond acceptors (Lipinski definition) is 5. The van der Waals surface area contributed by atoms with Crippen molar-refractivity contribution < 1.29 is 23.1 Å². The van der Waals surface area contributed by atoms with Crippen LogP contribution in [0, 0.1) is 0 Å². The standard InChI is InChI=1S/C13H16F2N2O3S/c1-3-17(4-2)10(18)8-20-12(19)9-6-5-7-16-11(9)21-13(14)15/h5-7,13H,3-4,8H2,1-2H3. The van der Waals surface area contributed by atoms with E-state index in [1.165, 1.54) is 23.2 Å². The predicted molar refractivity (Wildman–Crippen MR) is 74.3 cm³/mol. The van der Waals surface area contributed by atoms with Crippen LogP contribution in [0.2, 0.25) is 0 Å². The van der Waals surface area contributed by atoms with E-state index in [1.54, 1.807) is 0 Å². The Hall–Kier alpha value is -1.70. The van der Waals surface area contributed by atoms with Crippen LogP contribution in [0.4, 0.5) is 8.78 Å². The van der Waals surface area contributed by atoms with Crippen molar-refractivity contribution in [1.29, 1.82) is 0 Å². The highest BCUT2D eigenvalue weighted by molar-refractivity contribution is 7.99. The van der Waals surface area contributed by atoms with Gasteiger partial charge in [0.15, 0.2) is 6.61 Å². The summed E-state index contributed by atoms with van der Waals surface area (Å²) in [6.07, 6.45) is 1.31. The molecule has 8 heteroatoms. The summed E-state index contributed by atoms with van der Waals surface area (Å²) in [7, 11) is 0. The first-order valence-electron chi connectivity index (χ1n) is 6.34. The Morgan fingerprint density at radius 3 is 2.62 bits per heavy atom. The maximum absolute atomic E-state index is 12.4. The van der Waals surface area contributed by atoms with E-state index in [0.29, 0.717) is 13.1 Å². The van der Waals surface area contributed by atoms with Gasteiger partial charge < -0.3 is 9.64 Å². The van der Waals surface area contributed by atoms with Gasteiger partial charge in [0.25, 0.3) is 11.7 Å². The maximum Gasteiger partial charge on any atom is 0.341 e. The van der Waals surface area contributed by atoms with Crippen LogP contribution in [0.15, 0.2) is 23.4 Å². The van der Waals surface area contributed by atoms with Crippen molar-refractivity contribution in [2.75, 3.05) is 19.7 Å². The van der Waals surface area contributed by atoms with Gasteiger partial charge in [-0.15, -0.1) is 0 Å². The molecule has 0 radical (unpaired) electrons. The molecule has 0 fully saturated rings. The van der Waals surface area contributed by atoms with Gasteiger partial charge in [0.2, 0.25) is 0 Å². The molecule has 0 aliphatic carbocycles. The van der Waals surface area contributed by atoms with Gasteiger partial charge in [-0.05, 0) is 37.7 Å². The van der Waals surface area contributed by atoms with Crippen molar-refractivity contribution in [2.45, 2.75) is 24.6 Å². The molecule has 5 nitrogen and oxygen atoms in total. The molecular formula is C13H16F2N2O3S. The lowest BCUT2D eigenvalue weighted by Gasteiger charge is -2.18. The molecule has 21 heavy (non-hydrogen) atoms. The van der Waals surface area contributed by atoms with Crippen LogP contribution in [-0.2, 0) is 9.53 Å². The Balaban J connectivity index is 2.70. The summed E-state index contributed by atoms with van der Waals surface area (Å²) in [5, 5.41) is -0.118. The fourth-order valence-electron chi connectivity index (χ4n) is 1.60. The molecule has 0 atom stereocenters. The molecule has 0 saturated carbocycles. The van der Waals surface area contributed by atoms with Crippen molar-refractivity contribution in [3.05, 3.63) is 23.9 Å². The number of hydrogen-bond donors (Lipinski definition) is 0. The second-order valence-corrected chi connectivity index (χ2v) is 4.86. The number of pyridine rings is 1. The van der Waals surface area contributed by atoms with Crippen molar-refractivity contribution in [3.8, 4) is 0 Å². The molecule has 0 saturated heterocycles. The highest BCUT2D eigenvalue weighted by atomic mass is 32.2. The monoisotopic (exact) mass is 318 g/mol. The molecular weight excluding hydrogens is 302 g/mol. The molecule has 0 aliphatic rings. The van der Waals surface area contributed by atoms with E-state index in [2.05, 4.69) is 4.98 Å². The van der Waals surface area contributed by atoms with E-state index in [0.717, 1.165) is 0 Å². The third-order valence-corrected chi connectivity index (χ3v) is 3.36. The van der Waals surface area contributed by atoms with E-state index in [9.17, 15) is 18.4 Å². The number of nitrogens with zero attached hydrogens (tertiary/aromatic N) is 2. The average Bonchev–Trinajstić information content (AvgIpc) is 2.46. The van der Waals surface area contributed by atoms with E-state index < -0.39 is 18.3 Å². The largest absolute Gasteiger partial charge is 0.452 e. The molecule has 0 aromatic carbocycles. The maximum atomic E-state index is 12.4. The van der Waals surface area contributed by atoms with E-state index in [4.69, 9.17) is 4.74 Å². The molecule has 1 aromatic heterocycles. The van der Waals surface area contributed by atoms with Gasteiger partial charge in [-0.1, -0.05) is 0 Å². The average molecular weight is 318 g/mol. The molecule has 1 heterocycles. The predicted octanol–water partition coefficient (Wildman–Crippen LogP) is 2.42. The number of carbonyl (C=O) groups excluding carboxylic acids is 2. The topological polar surface area (TPSA) is 59.5 Å². The third-order valence-electron chi connectivity index (χ3n) is 2.63. The number of esters is 1. The SMILES string of the molecule is CCN(CC)C(=O)COC(=O)c1cccnc1SC(F)F. The van der Waals surface area contributed by atoms with Crippen LogP contribution in [-0.4, -0.2) is 47.2 Å². The highest BCUT2D eigenvalue weighted by Crippen LogP contribution is 2.26. The fourth-order valence-corrected chi connectivity index (χ4v) is 2.17. The molecule has 116 valence electrons. The molecule has 0 N–H and O–H groups in total. The lowest BCUT2D eigenvalue weighted by Crippen LogP contribution is -2.34. The van der Waals surface area contributed by atoms with Crippen molar-refractivity contribution in [3.63, 3.8) is 0 Å². The number of thioether (sulfide) groups is 1. The molecule has 1 amide bonds. The second kappa shape index (κ2) is 8.56. The first kappa shape index (κ1) is 17.4. The van der Waals surface area contributed by atoms with Crippen LogP contribution in [0.5, 0.6) is 0 Å². The Morgan fingerprint density at radius 1 is 1.38 bits per heavy atom. The number of likely N-dealkylation sites (N-methyl/N-ethyl adjacent to an activating group) is 1. The Kier molecular flexibility index (Phi) is 7.07. The third kappa shape index (κ3) is 5.30. The van der Waals surface area contributed by atoms with E-state index in [-0.39, 0.29) is 28.3 Å². The van der Waals surface area contributed by atoms with Gasteiger partial charge in [0.1, 0.15) is 5.03 Å². The Morgan fingerprint density at radius 2 is 2.05 bits per heavy atom. The van der Waals surface area contributed by atoms with Gasteiger partial charge in [-0.25, -0.2) is 9.78 Å². The highest BCUT2D eigenvalue weighted by Gasteiger charge is 2.19. The Bertz CT molecular complexity index is 496. The van der Waals surface area contributed by atoms with Gasteiger partial charge in [-0.2, -0.15) is 8.78 Å². The van der Waals surface area contributed by atoms with Crippen LogP contribution in [0.1, 0.15) is 24.2 Å². The number of aromatic nitrogens is 1. The van der Waals surface area contributed by atoms with Gasteiger partial charge >= 0.3 is 5.97 Å². The number of alkyl halides is 2. The number of ether oxygens (including phenoxy) is 1. The zero-order chi connectivity index (χ0) is 15.8. The van der Waals surface area contributed by atoms with Crippen LogP contribution in [0.3, 0.4) is 0 Å².